The van der Waals surface area contributed by atoms with Gasteiger partial charge < -0.3 is 10.1 Å². The second-order valence-corrected chi connectivity index (χ2v) is 9.12. The second-order valence-electron chi connectivity index (χ2n) is 7.45. The summed E-state index contributed by atoms with van der Waals surface area (Å²) in [5.74, 6) is 1.03. The first kappa shape index (κ1) is 23.4. The first-order chi connectivity index (χ1) is 15.9. The normalized spacial score (nSPS) is 10.8. The maximum Gasteiger partial charge on any atom is 0.256 e. The summed E-state index contributed by atoms with van der Waals surface area (Å²) in [4.78, 5) is 12.7. The minimum absolute atomic E-state index is 0.229. The fourth-order valence-corrected chi connectivity index (χ4v) is 3.93. The van der Waals surface area contributed by atoms with Crippen molar-refractivity contribution in [1.82, 2.24) is 9.78 Å². The molecule has 0 saturated heterocycles. The SMILES string of the molecule is Cc1cc(NC(=O)c2ccc(COc3ccccc3Br)cc2)nn1Cc1ccc(Cl)c(Cl)c1. The molecule has 0 unspecified atom stereocenters. The molecule has 0 bridgehead atoms. The van der Waals surface area contributed by atoms with Gasteiger partial charge in [0.2, 0.25) is 0 Å². The molecule has 1 amide bonds. The van der Waals surface area contributed by atoms with Crippen LogP contribution in [0.15, 0.2) is 77.3 Å². The third-order valence-corrected chi connectivity index (χ3v) is 6.38. The van der Waals surface area contributed by atoms with Crippen LogP contribution in [0.25, 0.3) is 0 Å². The minimum Gasteiger partial charge on any atom is -0.488 e. The standard InChI is InChI=1S/C25H20BrCl2N3O2/c1-16-12-24(30-31(16)14-18-8-11-21(27)22(28)13-18)29-25(32)19-9-6-17(7-10-19)15-33-23-5-3-2-4-20(23)26/h2-13H,14-15H2,1H3,(H,29,30,32). The second kappa shape index (κ2) is 10.4. The number of anilines is 1. The topological polar surface area (TPSA) is 56.1 Å². The number of amides is 1. The van der Waals surface area contributed by atoms with E-state index in [4.69, 9.17) is 27.9 Å². The van der Waals surface area contributed by atoms with Gasteiger partial charge in [0.1, 0.15) is 12.4 Å². The third kappa shape index (κ3) is 5.96. The molecule has 0 fully saturated rings. The Morgan fingerprint density at radius 3 is 2.45 bits per heavy atom. The van der Waals surface area contributed by atoms with Gasteiger partial charge in [-0.3, -0.25) is 9.48 Å². The quantitative estimate of drug-likeness (QED) is 0.269. The molecular formula is C25H20BrCl2N3O2. The zero-order valence-electron chi connectivity index (χ0n) is 17.7. The van der Waals surface area contributed by atoms with Gasteiger partial charge in [0.25, 0.3) is 5.91 Å². The summed E-state index contributed by atoms with van der Waals surface area (Å²) in [5, 5.41) is 8.36. The first-order valence-electron chi connectivity index (χ1n) is 10.1. The van der Waals surface area contributed by atoms with E-state index >= 15 is 0 Å². The van der Waals surface area contributed by atoms with Gasteiger partial charge in [0.05, 0.1) is 21.1 Å². The Kier molecular flexibility index (Phi) is 7.38. The summed E-state index contributed by atoms with van der Waals surface area (Å²) in [6, 6.07) is 22.3. The smallest absolute Gasteiger partial charge is 0.256 e. The van der Waals surface area contributed by atoms with Gasteiger partial charge in [-0.1, -0.05) is 53.5 Å². The lowest BCUT2D eigenvalue weighted by Crippen LogP contribution is -2.13. The van der Waals surface area contributed by atoms with E-state index in [-0.39, 0.29) is 5.91 Å². The predicted molar refractivity (Wildman–Crippen MR) is 135 cm³/mol. The van der Waals surface area contributed by atoms with Crippen molar-refractivity contribution < 1.29 is 9.53 Å². The highest BCUT2D eigenvalue weighted by Crippen LogP contribution is 2.25. The van der Waals surface area contributed by atoms with Gasteiger partial charge in [-0.05, 0) is 70.4 Å². The fourth-order valence-electron chi connectivity index (χ4n) is 3.21. The molecule has 3 aromatic carbocycles. The van der Waals surface area contributed by atoms with Crippen LogP contribution in [-0.4, -0.2) is 15.7 Å². The van der Waals surface area contributed by atoms with Crippen molar-refractivity contribution in [2.24, 2.45) is 0 Å². The van der Waals surface area contributed by atoms with Crippen LogP contribution < -0.4 is 10.1 Å². The molecule has 4 aromatic rings. The lowest BCUT2D eigenvalue weighted by molar-refractivity contribution is 0.102. The number of aryl methyl sites for hydroxylation is 1. The molecule has 1 heterocycles. The van der Waals surface area contributed by atoms with E-state index in [1.165, 1.54) is 0 Å². The van der Waals surface area contributed by atoms with Crippen molar-refractivity contribution in [3.63, 3.8) is 0 Å². The van der Waals surface area contributed by atoms with Gasteiger partial charge >= 0.3 is 0 Å². The third-order valence-electron chi connectivity index (χ3n) is 4.99. The van der Waals surface area contributed by atoms with Crippen molar-refractivity contribution in [3.8, 4) is 5.75 Å². The molecule has 0 spiro atoms. The number of aromatic nitrogens is 2. The summed E-state index contributed by atoms with van der Waals surface area (Å²) in [6.07, 6.45) is 0. The van der Waals surface area contributed by atoms with E-state index in [0.29, 0.717) is 34.6 Å². The molecule has 0 aliphatic carbocycles. The van der Waals surface area contributed by atoms with Crippen LogP contribution in [0.4, 0.5) is 5.82 Å². The van der Waals surface area contributed by atoms with E-state index in [2.05, 4.69) is 26.3 Å². The van der Waals surface area contributed by atoms with E-state index in [0.717, 1.165) is 27.0 Å². The van der Waals surface area contributed by atoms with Crippen LogP contribution in [0, 0.1) is 6.92 Å². The minimum atomic E-state index is -0.229. The molecule has 4 rings (SSSR count). The monoisotopic (exact) mass is 543 g/mol. The molecule has 0 saturated carbocycles. The Labute approximate surface area is 210 Å². The van der Waals surface area contributed by atoms with Gasteiger partial charge in [0, 0.05) is 17.3 Å². The lowest BCUT2D eigenvalue weighted by atomic mass is 10.1. The van der Waals surface area contributed by atoms with Gasteiger partial charge in [-0.25, -0.2) is 0 Å². The average Bonchev–Trinajstić information content (AvgIpc) is 3.14. The van der Waals surface area contributed by atoms with Crippen LogP contribution >= 0.6 is 39.1 Å². The zero-order chi connectivity index (χ0) is 23.4. The maximum atomic E-state index is 12.7. The number of benzene rings is 3. The van der Waals surface area contributed by atoms with Gasteiger partial charge in [-0.2, -0.15) is 5.10 Å². The summed E-state index contributed by atoms with van der Waals surface area (Å²) in [7, 11) is 0. The maximum absolute atomic E-state index is 12.7. The highest BCUT2D eigenvalue weighted by Gasteiger charge is 2.11. The van der Waals surface area contributed by atoms with Gasteiger partial charge in [0.15, 0.2) is 5.82 Å². The van der Waals surface area contributed by atoms with Crippen molar-refractivity contribution in [1.29, 1.82) is 0 Å². The molecule has 0 aliphatic rings. The summed E-state index contributed by atoms with van der Waals surface area (Å²) in [5.41, 5.74) is 3.38. The molecular weight excluding hydrogens is 525 g/mol. The van der Waals surface area contributed by atoms with Crippen molar-refractivity contribution in [3.05, 3.63) is 110 Å². The first-order valence-corrected chi connectivity index (χ1v) is 11.7. The highest BCUT2D eigenvalue weighted by molar-refractivity contribution is 9.10. The van der Waals surface area contributed by atoms with Gasteiger partial charge in [-0.15, -0.1) is 0 Å². The molecule has 0 aliphatic heterocycles. The number of hydrogen-bond acceptors (Lipinski definition) is 3. The molecule has 8 heteroatoms. The summed E-state index contributed by atoms with van der Waals surface area (Å²) >= 11 is 15.6. The van der Waals surface area contributed by atoms with E-state index < -0.39 is 0 Å². The van der Waals surface area contributed by atoms with Crippen LogP contribution in [-0.2, 0) is 13.2 Å². The number of para-hydroxylation sites is 1. The molecule has 0 radical (unpaired) electrons. The summed E-state index contributed by atoms with van der Waals surface area (Å²) in [6.45, 7) is 2.85. The number of rotatable bonds is 7. The average molecular weight is 545 g/mol. The van der Waals surface area contributed by atoms with E-state index in [1.807, 2.05) is 61.5 Å². The molecule has 33 heavy (non-hydrogen) atoms. The van der Waals surface area contributed by atoms with E-state index in [1.54, 1.807) is 22.9 Å². The number of halogens is 3. The summed E-state index contributed by atoms with van der Waals surface area (Å²) < 4.78 is 8.52. The molecule has 1 N–H and O–H groups in total. The van der Waals surface area contributed by atoms with Crippen LogP contribution in [0.3, 0.4) is 0 Å². The Morgan fingerprint density at radius 1 is 1.00 bits per heavy atom. The van der Waals surface area contributed by atoms with Crippen molar-refractivity contribution in [2.75, 3.05) is 5.32 Å². The van der Waals surface area contributed by atoms with Crippen molar-refractivity contribution in [2.45, 2.75) is 20.1 Å². The largest absolute Gasteiger partial charge is 0.488 e. The van der Waals surface area contributed by atoms with Crippen molar-refractivity contribution >= 4 is 50.9 Å². The predicted octanol–water partition coefficient (Wildman–Crippen LogP) is 7.14. The number of carbonyl (C=O) groups excluding carboxylic acids is 1. The number of ether oxygens (including phenoxy) is 1. The number of carbonyl (C=O) groups is 1. The lowest BCUT2D eigenvalue weighted by Gasteiger charge is -2.09. The van der Waals surface area contributed by atoms with Crippen LogP contribution in [0.2, 0.25) is 10.0 Å². The Morgan fingerprint density at radius 2 is 1.73 bits per heavy atom. The molecule has 1 aromatic heterocycles. The van der Waals surface area contributed by atoms with Crippen LogP contribution in [0.5, 0.6) is 5.75 Å². The Balaban J connectivity index is 1.37. The molecule has 0 atom stereocenters. The van der Waals surface area contributed by atoms with Crippen LogP contribution in [0.1, 0.15) is 27.2 Å². The Hall–Kier alpha value is -2.80. The zero-order valence-corrected chi connectivity index (χ0v) is 20.8. The Bertz CT molecular complexity index is 1290. The number of nitrogens with one attached hydrogen (secondary N) is 1. The number of hydrogen-bond donors (Lipinski definition) is 1. The highest BCUT2D eigenvalue weighted by atomic mass is 79.9. The molecule has 168 valence electrons. The number of nitrogens with zero attached hydrogens (tertiary/aromatic N) is 2. The molecule has 5 nitrogen and oxygen atoms in total. The van der Waals surface area contributed by atoms with E-state index in [9.17, 15) is 4.79 Å². The fraction of sp³-hybridized carbons (Fsp3) is 0.120.